The van der Waals surface area contributed by atoms with E-state index in [0.717, 1.165) is 48.5 Å². The van der Waals surface area contributed by atoms with E-state index in [2.05, 4.69) is 83.2 Å². The minimum absolute atomic E-state index is 0.00826. The molecule has 194 valence electrons. The van der Waals surface area contributed by atoms with Crippen molar-refractivity contribution in [2.75, 3.05) is 7.11 Å². The van der Waals surface area contributed by atoms with Gasteiger partial charge in [-0.05, 0) is 113 Å². The second kappa shape index (κ2) is 7.93. The molecule has 5 aliphatic rings. The predicted octanol–water partition coefficient (Wildman–Crippen LogP) is 7.92. The first-order chi connectivity index (χ1) is 16.2. The van der Waals surface area contributed by atoms with Crippen LogP contribution >= 0.6 is 22.6 Å². The number of halogens is 1. The molecule has 3 saturated carbocycles. The molecule has 0 amide bonds. The van der Waals surface area contributed by atoms with Crippen molar-refractivity contribution in [3.05, 3.63) is 21.3 Å². The maximum Gasteiger partial charge on any atom is 0.312 e. The summed E-state index contributed by atoms with van der Waals surface area (Å²) in [4.78, 5) is 26.6. The van der Waals surface area contributed by atoms with Gasteiger partial charge in [-0.25, -0.2) is 0 Å². The molecule has 0 heterocycles. The first kappa shape index (κ1) is 26.0. The summed E-state index contributed by atoms with van der Waals surface area (Å²) in [7, 11) is 1.58. The van der Waals surface area contributed by atoms with E-state index < -0.39 is 0 Å². The molecule has 0 unspecified atom stereocenters. The maximum atomic E-state index is 13.4. The number of esters is 1. The van der Waals surface area contributed by atoms with Gasteiger partial charge in [-0.15, -0.1) is 0 Å². The summed E-state index contributed by atoms with van der Waals surface area (Å²) < 4.78 is 6.43. The van der Waals surface area contributed by atoms with Crippen molar-refractivity contribution >= 4 is 34.3 Å². The van der Waals surface area contributed by atoms with Gasteiger partial charge in [0.1, 0.15) is 0 Å². The van der Waals surface area contributed by atoms with Crippen molar-refractivity contribution in [2.45, 2.75) is 93.4 Å². The summed E-state index contributed by atoms with van der Waals surface area (Å²) >= 11 is 2.30. The van der Waals surface area contributed by atoms with Gasteiger partial charge in [0.05, 0.1) is 16.1 Å². The molecule has 3 fully saturated rings. The van der Waals surface area contributed by atoms with Gasteiger partial charge in [0, 0.05) is 5.41 Å². The molecule has 5 aliphatic carbocycles. The zero-order valence-electron chi connectivity index (χ0n) is 23.1. The Balaban J connectivity index is 1.65. The Morgan fingerprint density at radius 1 is 1.00 bits per heavy atom. The normalized spacial score (nSPS) is 50.5. The van der Waals surface area contributed by atoms with Gasteiger partial charge in [-0.3, -0.25) is 9.59 Å². The fourth-order valence-electron chi connectivity index (χ4n) is 10.5. The molecule has 0 spiro atoms. The van der Waals surface area contributed by atoms with Crippen LogP contribution in [0, 0.1) is 56.7 Å². The van der Waals surface area contributed by atoms with Gasteiger partial charge in [0.2, 0.25) is 0 Å². The Bertz CT molecular complexity index is 1020. The number of carbonyl (C=O) groups is 2. The lowest BCUT2D eigenvalue weighted by Crippen LogP contribution is -2.64. The number of hydrogen-bond acceptors (Lipinski definition) is 3. The fourth-order valence-corrected chi connectivity index (χ4v) is 11.8. The third kappa shape index (κ3) is 3.07. The van der Waals surface area contributed by atoms with Gasteiger partial charge in [-0.1, -0.05) is 66.2 Å². The van der Waals surface area contributed by atoms with Crippen LogP contribution in [0.25, 0.3) is 0 Å². The number of allylic oxidation sites excluding steroid dienone is 4. The molecule has 0 bridgehead atoms. The smallest absolute Gasteiger partial charge is 0.312 e. The highest BCUT2D eigenvalue weighted by Gasteiger charge is 2.69. The Hall–Kier alpha value is -0.650. The number of ketones is 1. The molecule has 4 heteroatoms. The Morgan fingerprint density at radius 3 is 2.34 bits per heavy atom. The molecule has 0 aromatic rings. The zero-order valence-corrected chi connectivity index (χ0v) is 25.3. The van der Waals surface area contributed by atoms with E-state index in [0.29, 0.717) is 29.5 Å². The van der Waals surface area contributed by atoms with E-state index in [-0.39, 0.29) is 39.0 Å². The van der Waals surface area contributed by atoms with E-state index in [9.17, 15) is 9.59 Å². The predicted molar refractivity (Wildman–Crippen MR) is 149 cm³/mol. The maximum absolute atomic E-state index is 13.4. The molecular formula is C31H45IO3. The third-order valence-electron chi connectivity index (χ3n) is 12.9. The summed E-state index contributed by atoms with van der Waals surface area (Å²) in [6.07, 6.45) is 12.3. The van der Waals surface area contributed by atoms with Crippen LogP contribution in [-0.2, 0) is 14.3 Å². The van der Waals surface area contributed by atoms with E-state index in [1.807, 2.05) is 0 Å². The second-order valence-corrected chi connectivity index (χ2v) is 15.4. The van der Waals surface area contributed by atoms with Crippen molar-refractivity contribution in [2.24, 2.45) is 56.7 Å². The fraction of sp³-hybridized carbons (Fsp3) is 0.806. The van der Waals surface area contributed by atoms with Crippen molar-refractivity contribution in [3.8, 4) is 0 Å². The number of fused-ring (bicyclic) bond motifs is 7. The Labute approximate surface area is 226 Å². The number of ether oxygens (including phenoxy) is 1. The molecule has 5 rings (SSSR count). The number of rotatable bonds is 1. The minimum atomic E-state index is -0.356. The Morgan fingerprint density at radius 2 is 1.69 bits per heavy atom. The SMILES string of the molecule is COC(=O)[C@]12CC[C@@H](C)[C@H](C)[C@H]1C1=CC[C@@H]3[C@@]4(C)C=C(I)C(=O)C(C)(C)[C@@H]4CC[C@@]3(C)[C@]1(C)CC2. The van der Waals surface area contributed by atoms with Crippen LogP contribution in [0.3, 0.4) is 0 Å². The molecule has 9 atom stereocenters. The van der Waals surface area contributed by atoms with Crippen LogP contribution in [0.5, 0.6) is 0 Å². The van der Waals surface area contributed by atoms with Crippen LogP contribution in [0.4, 0.5) is 0 Å². The standard InChI is InChI=1S/C31H45IO3/c1-18-11-14-31(26(34)35-8)16-15-29(6)20(24(31)19(18)2)9-10-23-28(5)17-21(32)25(33)27(3,4)22(28)12-13-30(23,29)7/h9,17-19,22-24H,10-16H2,1-8H3/t18-,19+,22+,23-,24+,28+,29-,30-,31+/m1/s1. The molecule has 3 nitrogen and oxygen atoms in total. The lowest BCUT2D eigenvalue weighted by Gasteiger charge is -2.70. The van der Waals surface area contributed by atoms with Gasteiger partial charge < -0.3 is 4.74 Å². The number of hydrogen-bond donors (Lipinski definition) is 0. The Kier molecular flexibility index (Phi) is 5.88. The van der Waals surface area contributed by atoms with Crippen molar-refractivity contribution in [1.82, 2.24) is 0 Å². The van der Waals surface area contributed by atoms with Crippen molar-refractivity contribution in [1.29, 1.82) is 0 Å². The number of Topliss-reactive ketones (excluding diaryl/α,β-unsaturated/α-hetero) is 1. The monoisotopic (exact) mass is 592 g/mol. The molecule has 0 N–H and O–H groups in total. The summed E-state index contributed by atoms with van der Waals surface area (Å²) in [5.74, 6) is 2.61. The van der Waals surface area contributed by atoms with Crippen LogP contribution < -0.4 is 0 Å². The summed E-state index contributed by atoms with van der Waals surface area (Å²) in [5.41, 5.74) is 1.13. The van der Waals surface area contributed by atoms with E-state index in [1.54, 1.807) is 12.7 Å². The van der Waals surface area contributed by atoms with Crippen molar-refractivity contribution < 1.29 is 14.3 Å². The minimum Gasteiger partial charge on any atom is -0.469 e. The van der Waals surface area contributed by atoms with Gasteiger partial charge in [0.25, 0.3) is 0 Å². The highest BCUT2D eigenvalue weighted by molar-refractivity contribution is 14.1. The molecule has 35 heavy (non-hydrogen) atoms. The topological polar surface area (TPSA) is 43.4 Å². The summed E-state index contributed by atoms with van der Waals surface area (Å²) in [5, 5.41) is 0. The summed E-state index contributed by atoms with van der Waals surface area (Å²) in [6.45, 7) is 16.7. The molecule has 0 radical (unpaired) electrons. The van der Waals surface area contributed by atoms with E-state index >= 15 is 0 Å². The highest BCUT2D eigenvalue weighted by Crippen LogP contribution is 2.75. The third-order valence-corrected chi connectivity index (χ3v) is 13.7. The largest absolute Gasteiger partial charge is 0.469 e. The molecule has 0 aromatic heterocycles. The van der Waals surface area contributed by atoms with Crippen LogP contribution in [0.15, 0.2) is 21.3 Å². The lowest BCUT2D eigenvalue weighted by molar-refractivity contribution is -0.179. The van der Waals surface area contributed by atoms with Gasteiger partial charge in [0.15, 0.2) is 5.78 Å². The average molecular weight is 593 g/mol. The number of carbonyl (C=O) groups excluding carboxylic acids is 2. The first-order valence-corrected chi connectivity index (χ1v) is 15.0. The van der Waals surface area contributed by atoms with E-state index in [4.69, 9.17) is 4.74 Å². The first-order valence-electron chi connectivity index (χ1n) is 13.9. The molecular weight excluding hydrogens is 547 g/mol. The summed E-state index contributed by atoms with van der Waals surface area (Å²) in [6, 6.07) is 0. The average Bonchev–Trinajstić information content (AvgIpc) is 2.79. The van der Waals surface area contributed by atoms with Crippen molar-refractivity contribution in [3.63, 3.8) is 0 Å². The molecule has 0 saturated heterocycles. The van der Waals surface area contributed by atoms with Crippen LogP contribution in [0.1, 0.15) is 93.4 Å². The van der Waals surface area contributed by atoms with Gasteiger partial charge in [-0.2, -0.15) is 0 Å². The molecule has 0 aliphatic heterocycles. The quantitative estimate of drug-likeness (QED) is 0.177. The van der Waals surface area contributed by atoms with Crippen LogP contribution in [0.2, 0.25) is 0 Å². The van der Waals surface area contributed by atoms with E-state index in [1.165, 1.54) is 0 Å². The second-order valence-electron chi connectivity index (χ2n) is 14.2. The lowest BCUT2D eigenvalue weighted by atomic mass is 9.34. The molecule has 0 aromatic carbocycles. The van der Waals surface area contributed by atoms with Gasteiger partial charge >= 0.3 is 5.97 Å². The van der Waals surface area contributed by atoms with Crippen LogP contribution in [-0.4, -0.2) is 18.9 Å². The zero-order chi connectivity index (χ0) is 25.8. The highest BCUT2D eigenvalue weighted by atomic mass is 127. The number of methoxy groups -OCH3 is 1.